The van der Waals surface area contributed by atoms with Gasteiger partial charge in [-0.25, -0.2) is 15.0 Å². The van der Waals surface area contributed by atoms with Gasteiger partial charge in [-0.2, -0.15) is 0 Å². The number of benzene rings is 1. The van der Waals surface area contributed by atoms with E-state index in [1.165, 1.54) is 11.8 Å². The average molecular weight is 458 g/mol. The molecule has 0 unspecified atom stereocenters. The maximum atomic E-state index is 13.1. The van der Waals surface area contributed by atoms with Crippen molar-refractivity contribution in [1.82, 2.24) is 19.4 Å². The molecule has 5 aromatic rings. The second-order valence-electron chi connectivity index (χ2n) is 7.12. The van der Waals surface area contributed by atoms with Gasteiger partial charge >= 0.3 is 0 Å². The van der Waals surface area contributed by atoms with Gasteiger partial charge in [0.05, 0.1) is 21.8 Å². The summed E-state index contributed by atoms with van der Waals surface area (Å²) in [6, 6.07) is 17.5. The molecule has 1 aromatic carbocycles. The van der Waals surface area contributed by atoms with Crippen molar-refractivity contribution in [2.45, 2.75) is 11.9 Å². The number of aryl methyl sites for hydroxylation is 1. The Morgan fingerprint density at radius 3 is 2.59 bits per heavy atom. The Bertz CT molecular complexity index is 1380. The summed E-state index contributed by atoms with van der Waals surface area (Å²) in [5, 5.41) is 5.63. The Morgan fingerprint density at radius 1 is 1.03 bits per heavy atom. The van der Waals surface area contributed by atoms with Crippen molar-refractivity contribution in [3.8, 4) is 22.0 Å². The van der Waals surface area contributed by atoms with Gasteiger partial charge in [-0.05, 0) is 48.9 Å². The Labute approximate surface area is 193 Å². The molecule has 158 valence electrons. The van der Waals surface area contributed by atoms with Gasteiger partial charge in [0.25, 0.3) is 5.91 Å². The number of rotatable bonds is 5. The number of imidazole rings is 1. The first kappa shape index (κ1) is 20.4. The van der Waals surface area contributed by atoms with Crippen LogP contribution in [0, 0.1) is 6.92 Å². The number of fused-ring (bicyclic) bond motifs is 1. The van der Waals surface area contributed by atoms with Gasteiger partial charge < -0.3 is 9.72 Å². The number of carbonyl (C=O) groups is 1. The maximum absolute atomic E-state index is 13.1. The predicted molar refractivity (Wildman–Crippen MR) is 130 cm³/mol. The quantitative estimate of drug-likeness (QED) is 0.267. The van der Waals surface area contributed by atoms with Crippen LogP contribution in [0.4, 0.5) is 5.69 Å². The highest BCUT2D eigenvalue weighted by Crippen LogP contribution is 2.28. The molecule has 6 nitrogen and oxygen atoms in total. The van der Waals surface area contributed by atoms with Crippen LogP contribution in [-0.2, 0) is 0 Å². The Hall–Kier alpha value is -3.49. The van der Waals surface area contributed by atoms with Gasteiger partial charge in [-0.1, -0.05) is 24.3 Å². The molecule has 8 heteroatoms. The van der Waals surface area contributed by atoms with Gasteiger partial charge in [-0.15, -0.1) is 23.1 Å². The van der Waals surface area contributed by atoms with Crippen LogP contribution >= 0.6 is 23.1 Å². The van der Waals surface area contributed by atoms with Gasteiger partial charge in [-0.3, -0.25) is 4.79 Å². The van der Waals surface area contributed by atoms with Crippen molar-refractivity contribution < 1.29 is 4.79 Å². The number of thiophene rings is 1. The zero-order chi connectivity index (χ0) is 22.1. The number of pyridine rings is 1. The summed E-state index contributed by atoms with van der Waals surface area (Å²) in [5.74, 6) is 0.431. The lowest BCUT2D eigenvalue weighted by Crippen LogP contribution is -2.16. The highest BCUT2D eigenvalue weighted by Gasteiger charge is 2.19. The van der Waals surface area contributed by atoms with Crippen LogP contribution in [0.25, 0.3) is 27.6 Å². The third-order valence-corrected chi connectivity index (χ3v) is 6.57. The zero-order valence-electron chi connectivity index (χ0n) is 17.4. The molecule has 0 fully saturated rings. The van der Waals surface area contributed by atoms with Gasteiger partial charge in [0.1, 0.15) is 10.7 Å². The molecule has 0 radical (unpaired) electrons. The highest BCUT2D eigenvalue weighted by molar-refractivity contribution is 7.98. The second-order valence-corrected chi connectivity index (χ2v) is 8.86. The third-order valence-electron chi connectivity index (χ3n) is 5.02. The van der Waals surface area contributed by atoms with Crippen LogP contribution < -0.4 is 5.32 Å². The van der Waals surface area contributed by atoms with Crippen molar-refractivity contribution in [3.63, 3.8) is 0 Å². The number of amides is 1. The van der Waals surface area contributed by atoms with Crippen molar-refractivity contribution in [2.24, 2.45) is 0 Å². The first-order chi connectivity index (χ1) is 15.6. The van der Waals surface area contributed by atoms with Crippen molar-refractivity contribution in [1.29, 1.82) is 0 Å². The van der Waals surface area contributed by atoms with Crippen LogP contribution in [0.5, 0.6) is 0 Å². The Kier molecular flexibility index (Phi) is 5.46. The van der Waals surface area contributed by atoms with Crippen LogP contribution in [0.3, 0.4) is 0 Å². The minimum atomic E-state index is -0.218. The molecule has 0 saturated carbocycles. The molecule has 5 rings (SSSR count). The number of thioether (sulfide) groups is 1. The van der Waals surface area contributed by atoms with Crippen LogP contribution in [0.1, 0.15) is 16.1 Å². The molecular weight excluding hydrogens is 438 g/mol. The molecule has 0 atom stereocenters. The number of nitrogens with one attached hydrogen (secondary N) is 1. The minimum absolute atomic E-state index is 0.218. The molecule has 0 spiro atoms. The van der Waals surface area contributed by atoms with E-state index in [-0.39, 0.29) is 5.91 Å². The van der Waals surface area contributed by atoms with Crippen LogP contribution in [0.2, 0.25) is 0 Å². The zero-order valence-corrected chi connectivity index (χ0v) is 19.1. The molecular formula is C24H19N5OS2. The number of hydrogen-bond acceptors (Lipinski definition) is 6. The van der Waals surface area contributed by atoms with E-state index in [9.17, 15) is 4.79 Å². The van der Waals surface area contributed by atoms with E-state index in [1.807, 2.05) is 90.0 Å². The van der Waals surface area contributed by atoms with E-state index in [4.69, 9.17) is 0 Å². The SMILES string of the molecule is CSc1nc(-c2cccs2)nc(C)c1C(=O)Nc1ccc(-c2cn3ccccc3n2)cc1. The van der Waals surface area contributed by atoms with Crippen LogP contribution in [-0.4, -0.2) is 31.5 Å². The lowest BCUT2D eigenvalue weighted by atomic mass is 10.1. The van der Waals surface area contributed by atoms with Crippen molar-refractivity contribution >= 4 is 40.3 Å². The fraction of sp³-hybridized carbons (Fsp3) is 0.0833. The normalized spacial score (nSPS) is 11.1. The molecule has 4 aromatic heterocycles. The first-order valence-electron chi connectivity index (χ1n) is 9.94. The lowest BCUT2D eigenvalue weighted by molar-refractivity contribution is 0.102. The monoisotopic (exact) mass is 457 g/mol. The van der Waals surface area contributed by atoms with Gasteiger partial charge in [0, 0.05) is 23.6 Å². The average Bonchev–Trinajstić information content (AvgIpc) is 3.49. The summed E-state index contributed by atoms with van der Waals surface area (Å²) >= 11 is 3.02. The molecule has 32 heavy (non-hydrogen) atoms. The van der Waals surface area contributed by atoms with E-state index < -0.39 is 0 Å². The van der Waals surface area contributed by atoms with Gasteiger partial charge in [0.2, 0.25) is 0 Å². The fourth-order valence-corrected chi connectivity index (χ4v) is 4.74. The predicted octanol–water partition coefficient (Wildman–Crippen LogP) is 5.80. The topological polar surface area (TPSA) is 72.2 Å². The molecule has 1 amide bonds. The Balaban J connectivity index is 1.39. The Morgan fingerprint density at radius 2 is 1.88 bits per heavy atom. The molecule has 1 N–H and O–H groups in total. The molecule has 0 bridgehead atoms. The minimum Gasteiger partial charge on any atom is -0.322 e. The summed E-state index contributed by atoms with van der Waals surface area (Å²) in [6.07, 6.45) is 5.88. The molecule has 0 aliphatic heterocycles. The number of hydrogen-bond donors (Lipinski definition) is 1. The molecule has 0 aliphatic carbocycles. The first-order valence-corrected chi connectivity index (χ1v) is 12.0. The summed E-state index contributed by atoms with van der Waals surface area (Å²) < 4.78 is 1.98. The largest absolute Gasteiger partial charge is 0.322 e. The fourth-order valence-electron chi connectivity index (χ4n) is 3.46. The van der Waals surface area contributed by atoms with Crippen molar-refractivity contribution in [3.05, 3.63) is 83.6 Å². The number of anilines is 1. The lowest BCUT2D eigenvalue weighted by Gasteiger charge is -2.12. The van der Waals surface area contributed by atoms with E-state index in [0.29, 0.717) is 27.8 Å². The summed E-state index contributed by atoms with van der Waals surface area (Å²) in [5.41, 5.74) is 4.62. The maximum Gasteiger partial charge on any atom is 0.260 e. The number of carbonyl (C=O) groups excluding carboxylic acids is 1. The van der Waals surface area contributed by atoms with Gasteiger partial charge in [0.15, 0.2) is 5.82 Å². The number of aromatic nitrogens is 4. The third kappa shape index (κ3) is 3.90. The summed E-state index contributed by atoms with van der Waals surface area (Å²) in [7, 11) is 0. The summed E-state index contributed by atoms with van der Waals surface area (Å²) in [4.78, 5) is 27.9. The second kappa shape index (κ2) is 8.57. The van der Waals surface area contributed by atoms with E-state index in [2.05, 4.69) is 20.3 Å². The number of nitrogens with zero attached hydrogens (tertiary/aromatic N) is 4. The summed E-state index contributed by atoms with van der Waals surface area (Å²) in [6.45, 7) is 1.85. The smallest absolute Gasteiger partial charge is 0.260 e. The van der Waals surface area contributed by atoms with Crippen molar-refractivity contribution in [2.75, 3.05) is 11.6 Å². The van der Waals surface area contributed by atoms with E-state index >= 15 is 0 Å². The standard InChI is InChI=1S/C24H19N5OS2/c1-15-21(24(31-2)28-22(25-15)19-6-5-13-32-19)23(30)26-17-10-8-16(9-11-17)18-14-29-12-4-3-7-20(29)27-18/h3-14H,1-2H3,(H,26,30). The molecule has 0 aliphatic rings. The van der Waals surface area contributed by atoms with Crippen LogP contribution in [0.15, 0.2) is 77.4 Å². The van der Waals surface area contributed by atoms with E-state index in [1.54, 1.807) is 11.3 Å². The molecule has 4 heterocycles. The highest BCUT2D eigenvalue weighted by atomic mass is 32.2. The molecule has 0 saturated heterocycles. The van der Waals surface area contributed by atoms with E-state index in [0.717, 1.165) is 21.8 Å².